The Morgan fingerprint density at radius 1 is 0.893 bits per heavy atom. The van der Waals surface area contributed by atoms with Crippen LogP contribution in [0.15, 0.2) is 53.4 Å². The van der Waals surface area contributed by atoms with Crippen molar-refractivity contribution in [3.63, 3.8) is 0 Å². The molecule has 1 N–H and O–H groups in total. The normalized spacial score (nSPS) is 11.0. The average molecular weight is 407 g/mol. The van der Waals surface area contributed by atoms with Gasteiger partial charge in [-0.25, -0.2) is 8.42 Å². The van der Waals surface area contributed by atoms with Gasteiger partial charge in [-0.3, -0.25) is 9.52 Å². The van der Waals surface area contributed by atoms with Gasteiger partial charge in [-0.15, -0.1) is 0 Å². The molecule has 0 radical (unpaired) electrons. The Balaban J connectivity index is 2.00. The third-order valence-electron chi connectivity index (χ3n) is 4.03. The third-order valence-corrected chi connectivity index (χ3v) is 5.43. The Bertz CT molecular complexity index is 860. The highest BCUT2D eigenvalue weighted by molar-refractivity contribution is 7.92. The van der Waals surface area contributed by atoms with Crippen LogP contribution in [-0.4, -0.2) is 45.5 Å². The van der Waals surface area contributed by atoms with Crippen molar-refractivity contribution in [1.29, 1.82) is 0 Å². The molecule has 0 saturated carbocycles. The van der Waals surface area contributed by atoms with E-state index in [1.54, 1.807) is 29.2 Å². The summed E-state index contributed by atoms with van der Waals surface area (Å²) in [6.07, 6.45) is 0. The lowest BCUT2D eigenvalue weighted by Crippen LogP contribution is -2.34. The summed E-state index contributed by atoms with van der Waals surface area (Å²) >= 11 is 0. The number of sulfonamides is 1. The molecule has 0 aliphatic heterocycles. The van der Waals surface area contributed by atoms with E-state index in [0.717, 1.165) is 0 Å². The Morgan fingerprint density at radius 3 is 1.96 bits per heavy atom. The van der Waals surface area contributed by atoms with Crippen LogP contribution in [0.4, 0.5) is 5.69 Å². The van der Waals surface area contributed by atoms with Crippen molar-refractivity contribution in [3.05, 3.63) is 48.5 Å². The Morgan fingerprint density at radius 2 is 1.43 bits per heavy atom. The van der Waals surface area contributed by atoms with Gasteiger partial charge in [-0.2, -0.15) is 0 Å². The van der Waals surface area contributed by atoms with E-state index >= 15 is 0 Å². The zero-order valence-corrected chi connectivity index (χ0v) is 17.2. The molecule has 152 valence electrons. The highest BCUT2D eigenvalue weighted by Gasteiger charge is 2.15. The molecule has 1 amide bonds. The maximum absolute atomic E-state index is 12.5. The molecule has 2 aromatic rings. The van der Waals surface area contributed by atoms with Crippen LogP contribution in [-0.2, 0) is 14.8 Å². The number of carbonyl (C=O) groups excluding carboxylic acids is 1. The molecule has 0 unspecified atom stereocenters. The number of rotatable bonds is 10. The molecule has 0 aliphatic rings. The van der Waals surface area contributed by atoms with Crippen LogP contribution in [0.3, 0.4) is 0 Å². The first-order valence-corrected chi connectivity index (χ1v) is 10.6. The fourth-order valence-electron chi connectivity index (χ4n) is 2.53. The SMILES string of the molecule is CCOc1ccc(NS(=O)(=O)c2ccc(OCC(=O)N(CC)CC)cc2)cc1. The Hall–Kier alpha value is -2.74. The van der Waals surface area contributed by atoms with Gasteiger partial charge in [0.05, 0.1) is 11.5 Å². The molecular formula is C20H26N2O5S. The van der Waals surface area contributed by atoms with Gasteiger partial charge < -0.3 is 14.4 Å². The summed E-state index contributed by atoms with van der Waals surface area (Å²) in [5.74, 6) is 0.991. The van der Waals surface area contributed by atoms with E-state index in [4.69, 9.17) is 9.47 Å². The molecule has 0 fully saturated rings. The number of nitrogens with one attached hydrogen (secondary N) is 1. The van der Waals surface area contributed by atoms with Crippen molar-refractivity contribution in [2.45, 2.75) is 25.7 Å². The summed E-state index contributed by atoms with van der Waals surface area (Å²) in [5.41, 5.74) is 0.439. The van der Waals surface area contributed by atoms with Gasteiger partial charge in [-0.1, -0.05) is 0 Å². The second-order valence-electron chi connectivity index (χ2n) is 5.89. The van der Waals surface area contributed by atoms with Gasteiger partial charge in [0.1, 0.15) is 11.5 Å². The van der Waals surface area contributed by atoms with Crippen LogP contribution in [0.2, 0.25) is 0 Å². The number of ether oxygens (including phenoxy) is 2. The maximum atomic E-state index is 12.5. The molecule has 0 atom stereocenters. The monoisotopic (exact) mass is 406 g/mol. The van der Waals surface area contributed by atoms with Gasteiger partial charge in [0, 0.05) is 18.8 Å². The van der Waals surface area contributed by atoms with Gasteiger partial charge in [-0.05, 0) is 69.3 Å². The lowest BCUT2D eigenvalue weighted by molar-refractivity contribution is -0.132. The lowest BCUT2D eigenvalue weighted by atomic mass is 10.3. The molecular weight excluding hydrogens is 380 g/mol. The quantitative estimate of drug-likeness (QED) is 0.655. The van der Waals surface area contributed by atoms with Gasteiger partial charge in [0.25, 0.3) is 15.9 Å². The second-order valence-corrected chi connectivity index (χ2v) is 7.57. The van der Waals surface area contributed by atoms with E-state index in [-0.39, 0.29) is 17.4 Å². The Labute approximate surface area is 166 Å². The molecule has 0 aromatic heterocycles. The highest BCUT2D eigenvalue weighted by atomic mass is 32.2. The first-order chi connectivity index (χ1) is 13.4. The Kier molecular flexibility index (Phi) is 7.69. The number of hydrogen-bond donors (Lipinski definition) is 1. The maximum Gasteiger partial charge on any atom is 0.261 e. The van der Waals surface area contributed by atoms with Crippen LogP contribution in [0.25, 0.3) is 0 Å². The molecule has 2 aromatic carbocycles. The van der Waals surface area contributed by atoms with E-state index in [9.17, 15) is 13.2 Å². The summed E-state index contributed by atoms with van der Waals surface area (Å²) in [5, 5.41) is 0. The van der Waals surface area contributed by atoms with Crippen LogP contribution in [0.5, 0.6) is 11.5 Å². The summed E-state index contributed by atoms with van der Waals surface area (Å²) < 4.78 is 38.3. The van der Waals surface area contributed by atoms with Crippen LogP contribution in [0, 0.1) is 0 Å². The molecule has 0 aliphatic carbocycles. The van der Waals surface area contributed by atoms with Crippen LogP contribution >= 0.6 is 0 Å². The van der Waals surface area contributed by atoms with Crippen molar-refractivity contribution in [2.24, 2.45) is 0 Å². The summed E-state index contributed by atoms with van der Waals surface area (Å²) in [4.78, 5) is 13.7. The van der Waals surface area contributed by atoms with Crippen molar-refractivity contribution in [3.8, 4) is 11.5 Å². The minimum absolute atomic E-state index is 0.0851. The standard InChI is InChI=1S/C20H26N2O5S/c1-4-22(5-2)20(23)15-27-18-11-13-19(14-12-18)28(24,25)21-16-7-9-17(10-8-16)26-6-3/h7-14,21H,4-6,15H2,1-3H3. The van der Waals surface area contributed by atoms with Crippen molar-refractivity contribution >= 4 is 21.6 Å². The summed E-state index contributed by atoms with van der Waals surface area (Å²) in [6.45, 7) is 7.37. The number of amides is 1. The molecule has 0 bridgehead atoms. The number of anilines is 1. The fourth-order valence-corrected chi connectivity index (χ4v) is 3.59. The smallest absolute Gasteiger partial charge is 0.261 e. The number of nitrogens with zero attached hydrogens (tertiary/aromatic N) is 1. The first-order valence-electron chi connectivity index (χ1n) is 9.15. The van der Waals surface area contributed by atoms with Crippen molar-refractivity contribution in [2.75, 3.05) is 31.0 Å². The fraction of sp³-hybridized carbons (Fsp3) is 0.350. The number of likely N-dealkylation sites (N-methyl/N-ethyl adjacent to an activating group) is 1. The molecule has 2 rings (SSSR count). The van der Waals surface area contributed by atoms with E-state index in [2.05, 4.69) is 4.72 Å². The molecule has 0 spiro atoms. The van der Waals surface area contributed by atoms with Crippen molar-refractivity contribution in [1.82, 2.24) is 4.90 Å². The van der Waals surface area contributed by atoms with E-state index in [1.165, 1.54) is 24.3 Å². The predicted molar refractivity (Wildman–Crippen MR) is 108 cm³/mol. The lowest BCUT2D eigenvalue weighted by Gasteiger charge is -2.18. The molecule has 0 heterocycles. The number of hydrogen-bond acceptors (Lipinski definition) is 5. The molecule has 0 saturated heterocycles. The first kappa shape index (κ1) is 21.6. The number of carbonyl (C=O) groups is 1. The molecule has 28 heavy (non-hydrogen) atoms. The molecule has 7 nitrogen and oxygen atoms in total. The van der Waals surface area contributed by atoms with Gasteiger partial charge in [0.15, 0.2) is 6.61 Å². The topological polar surface area (TPSA) is 84.9 Å². The minimum Gasteiger partial charge on any atom is -0.494 e. The van der Waals surface area contributed by atoms with E-state index in [1.807, 2.05) is 20.8 Å². The predicted octanol–water partition coefficient (Wildman–Crippen LogP) is 3.13. The summed E-state index contributed by atoms with van der Waals surface area (Å²) in [7, 11) is -3.73. The van der Waals surface area contributed by atoms with Crippen LogP contribution < -0.4 is 14.2 Å². The largest absolute Gasteiger partial charge is 0.494 e. The van der Waals surface area contributed by atoms with Crippen LogP contribution in [0.1, 0.15) is 20.8 Å². The van der Waals surface area contributed by atoms with Gasteiger partial charge in [0.2, 0.25) is 0 Å². The average Bonchev–Trinajstić information content (AvgIpc) is 2.69. The summed E-state index contributed by atoms with van der Waals surface area (Å²) in [6, 6.07) is 12.6. The second kappa shape index (κ2) is 9.98. The third kappa shape index (κ3) is 5.88. The van der Waals surface area contributed by atoms with Crippen molar-refractivity contribution < 1.29 is 22.7 Å². The molecule has 8 heteroatoms. The zero-order chi connectivity index (χ0) is 20.6. The van der Waals surface area contributed by atoms with Gasteiger partial charge >= 0.3 is 0 Å². The highest BCUT2D eigenvalue weighted by Crippen LogP contribution is 2.21. The minimum atomic E-state index is -3.73. The number of benzene rings is 2. The zero-order valence-electron chi connectivity index (χ0n) is 16.3. The van der Waals surface area contributed by atoms with E-state index in [0.29, 0.717) is 36.9 Å². The van der Waals surface area contributed by atoms with E-state index < -0.39 is 10.0 Å².